The zero-order chi connectivity index (χ0) is 14.1. The first-order chi connectivity index (χ1) is 8.85. The fourth-order valence-electron chi connectivity index (χ4n) is 3.27. The second kappa shape index (κ2) is 6.07. The summed E-state index contributed by atoms with van der Waals surface area (Å²) in [5, 5.41) is 2.18. The van der Waals surface area contributed by atoms with Crippen molar-refractivity contribution in [1.29, 1.82) is 0 Å². The fourth-order valence-corrected chi connectivity index (χ4v) is 5.26. The van der Waals surface area contributed by atoms with Crippen molar-refractivity contribution in [2.45, 2.75) is 52.9 Å². The van der Waals surface area contributed by atoms with E-state index in [1.54, 1.807) is 0 Å². The highest BCUT2D eigenvalue weighted by molar-refractivity contribution is 9.10. The molecule has 1 aliphatic rings. The van der Waals surface area contributed by atoms with Gasteiger partial charge >= 0.3 is 0 Å². The van der Waals surface area contributed by atoms with E-state index in [-0.39, 0.29) is 0 Å². The van der Waals surface area contributed by atoms with Gasteiger partial charge in [-0.05, 0) is 70.8 Å². The minimum absolute atomic E-state index is 0.341. The van der Waals surface area contributed by atoms with E-state index in [2.05, 4.69) is 48.1 Å². The Hall–Kier alpha value is 0.470. The third kappa shape index (κ3) is 3.98. The molecule has 1 heterocycles. The van der Waals surface area contributed by atoms with Crippen LogP contribution in [-0.2, 0) is 6.42 Å². The summed E-state index contributed by atoms with van der Waals surface area (Å²) in [6, 6.07) is 2.26. The van der Waals surface area contributed by atoms with Crippen LogP contribution in [0.5, 0.6) is 0 Å². The molecule has 1 aromatic heterocycles. The number of alkyl halides is 1. The lowest BCUT2D eigenvalue weighted by molar-refractivity contribution is 0.102. The first-order valence-electron chi connectivity index (χ1n) is 7.14. The molecule has 3 heteroatoms. The molecule has 0 N–H and O–H groups in total. The number of hydrogen-bond donors (Lipinski definition) is 0. The maximum atomic E-state index is 6.35. The van der Waals surface area contributed by atoms with E-state index >= 15 is 0 Å². The molecule has 0 aliphatic heterocycles. The van der Waals surface area contributed by atoms with Crippen molar-refractivity contribution in [3.63, 3.8) is 0 Å². The monoisotopic (exact) mass is 362 g/mol. The predicted octanol–water partition coefficient (Wildman–Crippen LogP) is 6.51. The highest BCUT2D eigenvalue weighted by Crippen LogP contribution is 2.48. The largest absolute Gasteiger partial charge is 0.148 e. The molecule has 1 saturated carbocycles. The standard InChI is InChI=1S/C16H24BrClS/c1-15(2,3)12-4-6-16(11-18,7-5-12)9-14-8-13(17)10-19-14/h8,10,12H,4-7,9,11H2,1-3H3. The SMILES string of the molecule is CC(C)(C)C1CCC(CCl)(Cc2cc(Br)cs2)CC1. The van der Waals surface area contributed by atoms with Crippen LogP contribution in [0.15, 0.2) is 15.9 Å². The van der Waals surface area contributed by atoms with Crippen LogP contribution in [0.1, 0.15) is 51.3 Å². The molecule has 0 nitrogen and oxygen atoms in total. The van der Waals surface area contributed by atoms with E-state index in [1.807, 2.05) is 11.3 Å². The van der Waals surface area contributed by atoms with Gasteiger partial charge in [0.1, 0.15) is 0 Å². The summed E-state index contributed by atoms with van der Waals surface area (Å²) in [6.07, 6.45) is 6.40. The third-order valence-electron chi connectivity index (χ3n) is 4.73. The molecule has 0 amide bonds. The summed E-state index contributed by atoms with van der Waals surface area (Å²) >= 11 is 11.8. The van der Waals surface area contributed by atoms with Crippen molar-refractivity contribution >= 4 is 38.9 Å². The molecule has 19 heavy (non-hydrogen) atoms. The second-order valence-electron chi connectivity index (χ2n) is 7.18. The van der Waals surface area contributed by atoms with E-state index in [4.69, 9.17) is 11.6 Å². The maximum Gasteiger partial charge on any atom is 0.0285 e. The first kappa shape index (κ1) is 15.9. The summed E-state index contributed by atoms with van der Waals surface area (Å²) in [6.45, 7) is 7.13. The topological polar surface area (TPSA) is 0 Å². The molecule has 1 fully saturated rings. The lowest BCUT2D eigenvalue weighted by Gasteiger charge is -2.43. The van der Waals surface area contributed by atoms with Gasteiger partial charge in [-0.2, -0.15) is 0 Å². The van der Waals surface area contributed by atoms with Crippen LogP contribution in [0.25, 0.3) is 0 Å². The minimum Gasteiger partial charge on any atom is -0.148 e. The Morgan fingerprint density at radius 3 is 2.42 bits per heavy atom. The molecular weight excluding hydrogens is 340 g/mol. The first-order valence-corrected chi connectivity index (χ1v) is 9.34. The van der Waals surface area contributed by atoms with Crippen LogP contribution >= 0.6 is 38.9 Å². The molecule has 0 saturated heterocycles. The van der Waals surface area contributed by atoms with Gasteiger partial charge < -0.3 is 0 Å². The van der Waals surface area contributed by atoms with Gasteiger partial charge in [0, 0.05) is 20.6 Å². The van der Waals surface area contributed by atoms with Crippen molar-refractivity contribution in [3.8, 4) is 0 Å². The van der Waals surface area contributed by atoms with Crippen molar-refractivity contribution < 1.29 is 0 Å². The summed E-state index contributed by atoms with van der Waals surface area (Å²) < 4.78 is 1.21. The van der Waals surface area contributed by atoms with Crippen LogP contribution in [0.2, 0.25) is 0 Å². The number of rotatable bonds is 3. The van der Waals surface area contributed by atoms with Crippen molar-refractivity contribution in [2.75, 3.05) is 5.88 Å². The molecule has 1 aliphatic carbocycles. The minimum atomic E-state index is 0.341. The molecule has 0 aromatic carbocycles. The lowest BCUT2D eigenvalue weighted by Crippen LogP contribution is -2.35. The van der Waals surface area contributed by atoms with Crippen LogP contribution in [0, 0.1) is 16.7 Å². The van der Waals surface area contributed by atoms with Gasteiger partial charge in [-0.3, -0.25) is 0 Å². The summed E-state index contributed by atoms with van der Waals surface area (Å²) in [7, 11) is 0. The Balaban J connectivity index is 2.02. The number of hydrogen-bond acceptors (Lipinski definition) is 1. The molecule has 2 rings (SSSR count). The molecular formula is C16H24BrClS. The summed E-state index contributed by atoms with van der Waals surface area (Å²) in [4.78, 5) is 1.47. The Bertz CT molecular complexity index is 411. The van der Waals surface area contributed by atoms with Crippen molar-refractivity contribution in [2.24, 2.45) is 16.7 Å². The van der Waals surface area contributed by atoms with E-state index in [0.717, 1.165) is 18.2 Å². The van der Waals surface area contributed by atoms with Gasteiger partial charge in [0.25, 0.3) is 0 Å². The average Bonchev–Trinajstić information content (AvgIpc) is 2.74. The van der Waals surface area contributed by atoms with Crippen LogP contribution in [0.3, 0.4) is 0 Å². The van der Waals surface area contributed by atoms with Gasteiger partial charge in [0.2, 0.25) is 0 Å². The summed E-state index contributed by atoms with van der Waals surface area (Å²) in [5.41, 5.74) is 0.790. The molecule has 0 atom stereocenters. The quantitative estimate of drug-likeness (QED) is 0.536. The summed E-state index contributed by atoms with van der Waals surface area (Å²) in [5.74, 6) is 1.67. The van der Waals surface area contributed by atoms with Gasteiger partial charge in [-0.25, -0.2) is 0 Å². The maximum absolute atomic E-state index is 6.35. The zero-order valence-electron chi connectivity index (χ0n) is 12.1. The molecule has 0 unspecified atom stereocenters. The molecule has 108 valence electrons. The van der Waals surface area contributed by atoms with Gasteiger partial charge in [-0.15, -0.1) is 22.9 Å². The van der Waals surface area contributed by atoms with E-state index < -0.39 is 0 Å². The zero-order valence-corrected chi connectivity index (χ0v) is 15.3. The molecule has 0 spiro atoms. The molecule has 1 aromatic rings. The Labute approximate surface area is 135 Å². The van der Waals surface area contributed by atoms with Gasteiger partial charge in [0.15, 0.2) is 0 Å². The van der Waals surface area contributed by atoms with Gasteiger partial charge in [-0.1, -0.05) is 20.8 Å². The highest BCUT2D eigenvalue weighted by atomic mass is 79.9. The Morgan fingerprint density at radius 1 is 1.37 bits per heavy atom. The molecule has 0 radical (unpaired) electrons. The van der Waals surface area contributed by atoms with Crippen LogP contribution < -0.4 is 0 Å². The third-order valence-corrected chi connectivity index (χ3v) is 6.99. The normalized spacial score (nSPS) is 28.6. The van der Waals surface area contributed by atoms with Crippen LogP contribution in [0.4, 0.5) is 0 Å². The molecule has 0 bridgehead atoms. The van der Waals surface area contributed by atoms with E-state index in [9.17, 15) is 0 Å². The van der Waals surface area contributed by atoms with Crippen molar-refractivity contribution in [3.05, 3.63) is 20.8 Å². The smallest absolute Gasteiger partial charge is 0.0285 e. The van der Waals surface area contributed by atoms with Gasteiger partial charge in [0.05, 0.1) is 0 Å². The number of thiophene rings is 1. The fraction of sp³-hybridized carbons (Fsp3) is 0.750. The number of halogens is 2. The van der Waals surface area contributed by atoms with Crippen molar-refractivity contribution in [1.82, 2.24) is 0 Å². The second-order valence-corrected chi connectivity index (χ2v) is 9.36. The predicted molar refractivity (Wildman–Crippen MR) is 90.3 cm³/mol. The Morgan fingerprint density at radius 2 is 2.00 bits per heavy atom. The Kier molecular flexibility index (Phi) is 5.07. The lowest BCUT2D eigenvalue weighted by atomic mass is 9.63. The highest BCUT2D eigenvalue weighted by Gasteiger charge is 2.38. The van der Waals surface area contributed by atoms with E-state index in [0.29, 0.717) is 10.8 Å². The van der Waals surface area contributed by atoms with Crippen LogP contribution in [-0.4, -0.2) is 5.88 Å². The van der Waals surface area contributed by atoms with E-state index in [1.165, 1.54) is 35.0 Å². The average molecular weight is 364 g/mol.